The predicted octanol–water partition coefficient (Wildman–Crippen LogP) is 6.21. The van der Waals surface area contributed by atoms with Gasteiger partial charge in [0.05, 0.1) is 30.5 Å². The first-order chi connectivity index (χ1) is 21.7. The summed E-state index contributed by atoms with van der Waals surface area (Å²) in [5, 5.41) is 3.99. The van der Waals surface area contributed by atoms with Crippen LogP contribution in [-0.2, 0) is 30.7 Å². The van der Waals surface area contributed by atoms with E-state index < -0.39 is 35.5 Å². The molecule has 1 aromatic carbocycles. The molecule has 1 aliphatic rings. The smallest absolute Gasteiger partial charge is 0.416 e. The Morgan fingerprint density at radius 1 is 1.00 bits per heavy atom. The highest BCUT2D eigenvalue weighted by Crippen LogP contribution is 2.38. The lowest BCUT2D eigenvalue weighted by atomic mass is 10.0. The quantitative estimate of drug-likeness (QED) is 0.123. The third-order valence-electron chi connectivity index (χ3n) is 7.65. The van der Waals surface area contributed by atoms with Crippen LogP contribution in [-0.4, -0.2) is 61.4 Å². The second-order valence-electron chi connectivity index (χ2n) is 10.7. The molecule has 0 amide bonds. The van der Waals surface area contributed by atoms with Crippen molar-refractivity contribution in [3.05, 3.63) is 76.7 Å². The Labute approximate surface area is 264 Å². The second kappa shape index (κ2) is 12.7. The van der Waals surface area contributed by atoms with Gasteiger partial charge in [0.1, 0.15) is 11.4 Å². The molecule has 2 atom stereocenters. The third-order valence-corrected chi connectivity index (χ3v) is 7.84. The number of carbonyl (C=O) groups excluding carboxylic acids is 1. The monoisotopic (exact) mass is 668 g/mol. The number of esters is 1. The van der Waals surface area contributed by atoms with Gasteiger partial charge >= 0.3 is 18.3 Å². The highest BCUT2D eigenvalue weighted by Gasteiger charge is 2.40. The molecule has 0 bridgehead atoms. The fraction of sp³-hybridized carbons (Fsp3) is 0.379. The number of carbonyl (C=O) groups is 1. The molecule has 46 heavy (non-hydrogen) atoms. The van der Waals surface area contributed by atoms with Gasteiger partial charge < -0.3 is 14.5 Å². The molecular formula is C29H27ClF6N8O2. The molecule has 0 aliphatic carbocycles. The highest BCUT2D eigenvalue weighted by molar-refractivity contribution is 6.28. The minimum Gasteiger partial charge on any atom is -0.465 e. The van der Waals surface area contributed by atoms with Crippen LogP contribution in [0.2, 0.25) is 5.28 Å². The van der Waals surface area contributed by atoms with Gasteiger partial charge in [-0.05, 0) is 48.2 Å². The van der Waals surface area contributed by atoms with Gasteiger partial charge in [0.2, 0.25) is 11.2 Å². The van der Waals surface area contributed by atoms with E-state index in [0.29, 0.717) is 36.1 Å². The Kier molecular flexibility index (Phi) is 9.11. The van der Waals surface area contributed by atoms with Crippen LogP contribution in [0.5, 0.6) is 0 Å². The van der Waals surface area contributed by atoms with Crippen LogP contribution in [0.3, 0.4) is 0 Å². The van der Waals surface area contributed by atoms with Crippen molar-refractivity contribution >= 4 is 29.3 Å². The first-order valence-electron chi connectivity index (χ1n) is 13.9. The van der Waals surface area contributed by atoms with E-state index in [-0.39, 0.29) is 53.4 Å². The molecule has 3 aromatic heterocycles. The first kappa shape index (κ1) is 32.9. The summed E-state index contributed by atoms with van der Waals surface area (Å²) in [5.41, 5.74) is -1.74. The molecular weight excluding hydrogens is 642 g/mol. The highest BCUT2D eigenvalue weighted by atomic mass is 35.5. The zero-order valence-electron chi connectivity index (χ0n) is 24.6. The normalized spacial score (nSPS) is 17.0. The number of aryl methyl sites for hydroxylation is 1. The summed E-state index contributed by atoms with van der Waals surface area (Å²) in [6.07, 6.45) is -1.53. The number of aromatic nitrogens is 6. The summed E-state index contributed by atoms with van der Waals surface area (Å²) in [6, 6.07) is 0.664. The predicted molar refractivity (Wildman–Crippen MR) is 155 cm³/mol. The molecule has 1 fully saturated rings. The van der Waals surface area contributed by atoms with Gasteiger partial charge in [-0.1, -0.05) is 6.92 Å². The van der Waals surface area contributed by atoms with Gasteiger partial charge in [-0.2, -0.15) is 36.4 Å². The zero-order valence-corrected chi connectivity index (χ0v) is 25.4. The first-order valence-corrected chi connectivity index (χ1v) is 14.3. The number of alkyl halides is 6. The van der Waals surface area contributed by atoms with E-state index in [1.54, 1.807) is 33.9 Å². The topological polar surface area (TPSA) is 102 Å². The van der Waals surface area contributed by atoms with Gasteiger partial charge in [-0.15, -0.1) is 0 Å². The number of benzene rings is 1. The average molecular weight is 669 g/mol. The maximum Gasteiger partial charge on any atom is 0.416 e. The third kappa shape index (κ3) is 7.00. The Hall–Kier alpha value is -4.47. The fourth-order valence-electron chi connectivity index (χ4n) is 5.45. The van der Waals surface area contributed by atoms with Crippen LogP contribution in [0.4, 0.5) is 38.1 Å². The van der Waals surface area contributed by atoms with E-state index in [1.807, 2.05) is 6.92 Å². The Balaban J connectivity index is 1.58. The summed E-state index contributed by atoms with van der Waals surface area (Å²) in [5.74, 6) is -0.443. The number of methoxy groups -OCH3 is 1. The summed E-state index contributed by atoms with van der Waals surface area (Å²) in [7, 11) is 2.93. The molecule has 1 aliphatic heterocycles. The van der Waals surface area contributed by atoms with Crippen molar-refractivity contribution in [2.75, 3.05) is 23.5 Å². The molecule has 0 N–H and O–H groups in total. The minimum absolute atomic E-state index is 0.0438. The van der Waals surface area contributed by atoms with E-state index in [2.05, 4.69) is 25.0 Å². The molecule has 4 heterocycles. The summed E-state index contributed by atoms with van der Waals surface area (Å²) < 4.78 is 88.8. The molecule has 0 radical (unpaired) electrons. The van der Waals surface area contributed by atoms with Crippen LogP contribution in [0, 0.1) is 0 Å². The summed E-state index contributed by atoms with van der Waals surface area (Å²) in [6.45, 7) is 1.66. The number of hydrogen-bond donors (Lipinski definition) is 0. The molecule has 0 unspecified atom stereocenters. The number of anilines is 2. The number of rotatable bonds is 8. The minimum atomic E-state index is -5.02. The lowest BCUT2D eigenvalue weighted by Crippen LogP contribution is -2.39. The Morgan fingerprint density at radius 3 is 2.20 bits per heavy atom. The lowest BCUT2D eigenvalue weighted by Gasteiger charge is -2.30. The van der Waals surface area contributed by atoms with Gasteiger partial charge in [0, 0.05) is 62.1 Å². The Bertz CT molecular complexity index is 1680. The summed E-state index contributed by atoms with van der Waals surface area (Å²) >= 11 is 6.09. The maximum atomic E-state index is 13.7. The molecule has 0 saturated carbocycles. The van der Waals surface area contributed by atoms with E-state index in [4.69, 9.17) is 16.3 Å². The van der Waals surface area contributed by atoms with Crippen LogP contribution >= 0.6 is 11.6 Å². The molecule has 0 spiro atoms. The molecule has 10 nitrogen and oxygen atoms in total. The largest absolute Gasteiger partial charge is 0.465 e. The van der Waals surface area contributed by atoms with Crippen molar-refractivity contribution in [1.29, 1.82) is 0 Å². The van der Waals surface area contributed by atoms with Crippen LogP contribution in [0.15, 0.2) is 49.2 Å². The van der Waals surface area contributed by atoms with Crippen molar-refractivity contribution < 1.29 is 35.9 Å². The van der Waals surface area contributed by atoms with Crippen LogP contribution in [0.25, 0.3) is 11.1 Å². The van der Waals surface area contributed by atoms with E-state index >= 15 is 0 Å². The van der Waals surface area contributed by atoms with Gasteiger partial charge in [0.25, 0.3) is 0 Å². The fourth-order valence-corrected chi connectivity index (χ4v) is 5.58. The number of nitrogens with zero attached hydrogens (tertiary/aromatic N) is 8. The van der Waals surface area contributed by atoms with Crippen LogP contribution < -0.4 is 9.80 Å². The molecule has 4 aromatic rings. The van der Waals surface area contributed by atoms with Crippen molar-refractivity contribution in [3.8, 4) is 11.1 Å². The summed E-state index contributed by atoms with van der Waals surface area (Å²) in [4.78, 5) is 33.0. The van der Waals surface area contributed by atoms with Crippen molar-refractivity contribution in [2.45, 2.75) is 50.7 Å². The maximum absolute atomic E-state index is 13.7. The van der Waals surface area contributed by atoms with Crippen molar-refractivity contribution in [2.24, 2.45) is 7.05 Å². The van der Waals surface area contributed by atoms with E-state index in [9.17, 15) is 31.1 Å². The van der Waals surface area contributed by atoms with Crippen LogP contribution in [0.1, 0.15) is 46.8 Å². The van der Waals surface area contributed by atoms with E-state index in [0.717, 1.165) is 0 Å². The lowest BCUT2D eigenvalue weighted by molar-refractivity contribution is -0.143. The number of halogens is 7. The van der Waals surface area contributed by atoms with Gasteiger partial charge in [0.15, 0.2) is 0 Å². The SMILES string of the molecule is CC[C@@H]1C[C@H](N(Cc2cc(C(F)(F)F)cc(C(F)(F)F)c2)c2ncc(-c3cnn(C)c3)cn2)CN1c1nc(Cl)ncc1C(=O)OC. The van der Waals surface area contributed by atoms with E-state index in [1.165, 1.54) is 25.7 Å². The Morgan fingerprint density at radius 2 is 1.65 bits per heavy atom. The number of ether oxygens (including phenoxy) is 1. The second-order valence-corrected chi connectivity index (χ2v) is 11.0. The molecule has 5 rings (SSSR count). The molecule has 17 heteroatoms. The average Bonchev–Trinajstić information content (AvgIpc) is 3.65. The standard InChI is InChI=1S/C29H27ClF6N8O2/c1-4-21-8-22(15-43(21)24-23(25(45)46-3)12-37-26(30)41-24)44(27-38-9-17(10-39-27)18-11-40-42(2)14-18)13-16-5-19(28(31,32)33)7-20(6-16)29(34,35)36/h5-7,9-12,14,21-22H,4,8,13,15H2,1-3H3/t21-,22+/m1/s1. The molecule has 1 saturated heterocycles. The van der Waals surface area contributed by atoms with Crippen molar-refractivity contribution in [3.63, 3.8) is 0 Å². The molecule has 244 valence electrons. The number of hydrogen-bond acceptors (Lipinski definition) is 9. The zero-order chi connectivity index (χ0) is 33.4. The van der Waals surface area contributed by atoms with Gasteiger partial charge in [-0.3, -0.25) is 4.68 Å². The van der Waals surface area contributed by atoms with Gasteiger partial charge in [-0.25, -0.2) is 19.7 Å². The van der Waals surface area contributed by atoms with Crippen molar-refractivity contribution in [1.82, 2.24) is 29.7 Å².